The monoisotopic (exact) mass is 268 g/mol. The van der Waals surface area contributed by atoms with Gasteiger partial charge in [-0.05, 0) is 31.0 Å². The van der Waals surface area contributed by atoms with Gasteiger partial charge in [-0.1, -0.05) is 19.1 Å². The van der Waals surface area contributed by atoms with Crippen LogP contribution in [-0.4, -0.2) is 24.7 Å². The first-order chi connectivity index (χ1) is 8.34. The Kier molecular flexibility index (Phi) is 4.29. The number of sulfone groups is 1. The fourth-order valence-electron chi connectivity index (χ4n) is 1.58. The minimum absolute atomic E-state index is 0.0181. The third kappa shape index (κ3) is 2.61. The highest BCUT2D eigenvalue weighted by atomic mass is 32.2. The Labute approximate surface area is 107 Å². The van der Waals surface area contributed by atoms with Gasteiger partial charge in [0.15, 0.2) is 9.84 Å². The molecule has 0 heterocycles. The number of aromatic carboxylic acids is 1. The fraction of sp³-hybridized carbons (Fsp3) is 0.308. The van der Waals surface area contributed by atoms with E-state index in [0.29, 0.717) is 12.0 Å². The largest absolute Gasteiger partial charge is 0.478 e. The Bertz CT molecular complexity index is 573. The molecule has 5 heteroatoms. The smallest absolute Gasteiger partial charge is 0.336 e. The van der Waals surface area contributed by atoms with E-state index in [4.69, 9.17) is 5.11 Å². The third-order valence-electron chi connectivity index (χ3n) is 2.84. The van der Waals surface area contributed by atoms with E-state index in [9.17, 15) is 13.2 Å². The van der Waals surface area contributed by atoms with Crippen molar-refractivity contribution in [2.75, 3.05) is 0 Å². The van der Waals surface area contributed by atoms with Gasteiger partial charge in [-0.25, -0.2) is 13.2 Å². The summed E-state index contributed by atoms with van der Waals surface area (Å²) in [4.78, 5) is 11.1. The second-order valence-corrected chi connectivity index (χ2v) is 6.27. The molecular weight excluding hydrogens is 252 g/mol. The van der Waals surface area contributed by atoms with Gasteiger partial charge in [-0.15, -0.1) is 6.58 Å². The maximum absolute atomic E-state index is 12.1. The second-order valence-electron chi connectivity index (χ2n) is 3.96. The molecule has 0 aromatic heterocycles. The molecule has 0 saturated heterocycles. The van der Waals surface area contributed by atoms with Gasteiger partial charge >= 0.3 is 5.97 Å². The summed E-state index contributed by atoms with van der Waals surface area (Å²) in [6, 6.07) is 4.21. The molecule has 0 radical (unpaired) electrons. The van der Waals surface area contributed by atoms with E-state index in [1.807, 2.05) is 6.92 Å². The van der Waals surface area contributed by atoms with E-state index < -0.39 is 21.1 Å². The standard InChI is InChI=1S/C13H16O4S/c1-4-9(3)18(16,17)11-7-6-10(5-2)12(8-11)13(14)15/h4,6-9H,1,5H2,2-3H3,(H,14,15). The van der Waals surface area contributed by atoms with Crippen LogP contribution in [0, 0.1) is 0 Å². The number of carboxylic acid groups (broad SMARTS) is 1. The van der Waals surface area contributed by atoms with Crippen molar-refractivity contribution in [1.82, 2.24) is 0 Å². The number of hydrogen-bond acceptors (Lipinski definition) is 3. The topological polar surface area (TPSA) is 71.4 Å². The van der Waals surface area contributed by atoms with Crippen molar-refractivity contribution >= 4 is 15.8 Å². The highest BCUT2D eigenvalue weighted by molar-refractivity contribution is 7.92. The molecule has 0 bridgehead atoms. The molecule has 0 saturated carbocycles. The zero-order chi connectivity index (χ0) is 13.9. The lowest BCUT2D eigenvalue weighted by atomic mass is 10.1. The summed E-state index contributed by atoms with van der Waals surface area (Å²) >= 11 is 0. The molecule has 0 aliphatic rings. The molecular formula is C13H16O4S. The average molecular weight is 268 g/mol. The minimum atomic E-state index is -3.55. The van der Waals surface area contributed by atoms with Crippen LogP contribution in [-0.2, 0) is 16.3 Å². The average Bonchev–Trinajstić information content (AvgIpc) is 2.36. The number of aryl methyl sites for hydroxylation is 1. The summed E-state index contributed by atoms with van der Waals surface area (Å²) in [5, 5.41) is 8.32. The first kappa shape index (κ1) is 14.4. The minimum Gasteiger partial charge on any atom is -0.478 e. The predicted molar refractivity (Wildman–Crippen MR) is 69.6 cm³/mol. The molecule has 4 nitrogen and oxygen atoms in total. The molecule has 0 aliphatic carbocycles. The molecule has 0 amide bonds. The number of hydrogen-bond donors (Lipinski definition) is 1. The lowest BCUT2D eigenvalue weighted by Crippen LogP contribution is -2.16. The predicted octanol–water partition coefficient (Wildman–Crippen LogP) is 2.30. The van der Waals surface area contributed by atoms with Crippen molar-refractivity contribution in [1.29, 1.82) is 0 Å². The van der Waals surface area contributed by atoms with E-state index in [0.717, 1.165) is 0 Å². The molecule has 1 atom stereocenters. The summed E-state index contributed by atoms with van der Waals surface area (Å²) in [7, 11) is -3.55. The van der Waals surface area contributed by atoms with Gasteiger partial charge in [0, 0.05) is 0 Å². The zero-order valence-electron chi connectivity index (χ0n) is 10.4. The van der Waals surface area contributed by atoms with E-state index in [1.54, 1.807) is 6.07 Å². The van der Waals surface area contributed by atoms with E-state index in [2.05, 4.69) is 6.58 Å². The van der Waals surface area contributed by atoms with Gasteiger partial charge < -0.3 is 5.11 Å². The lowest BCUT2D eigenvalue weighted by Gasteiger charge is -2.11. The zero-order valence-corrected chi connectivity index (χ0v) is 11.2. The summed E-state index contributed by atoms with van der Waals surface area (Å²) in [5.74, 6) is -1.12. The van der Waals surface area contributed by atoms with E-state index >= 15 is 0 Å². The van der Waals surface area contributed by atoms with Crippen LogP contribution in [0.2, 0.25) is 0 Å². The number of rotatable bonds is 5. The Balaban J connectivity index is 3.42. The highest BCUT2D eigenvalue weighted by Gasteiger charge is 2.22. The summed E-state index contributed by atoms with van der Waals surface area (Å²) in [6.45, 7) is 6.78. The van der Waals surface area contributed by atoms with Crippen LogP contribution < -0.4 is 0 Å². The Morgan fingerprint density at radius 2 is 2.11 bits per heavy atom. The molecule has 0 spiro atoms. The second kappa shape index (κ2) is 5.35. The highest BCUT2D eigenvalue weighted by Crippen LogP contribution is 2.21. The van der Waals surface area contributed by atoms with E-state index in [-0.39, 0.29) is 10.5 Å². The molecule has 98 valence electrons. The van der Waals surface area contributed by atoms with Crippen molar-refractivity contribution in [3.8, 4) is 0 Å². The molecule has 0 aliphatic heterocycles. The van der Waals surface area contributed by atoms with Crippen molar-refractivity contribution < 1.29 is 18.3 Å². The Morgan fingerprint density at radius 1 is 1.50 bits per heavy atom. The Hall–Kier alpha value is -1.62. The quantitative estimate of drug-likeness (QED) is 0.832. The van der Waals surface area contributed by atoms with Gasteiger partial charge in [0.1, 0.15) is 0 Å². The van der Waals surface area contributed by atoms with Gasteiger partial charge in [-0.2, -0.15) is 0 Å². The maximum atomic E-state index is 12.1. The molecule has 1 N–H and O–H groups in total. The van der Waals surface area contributed by atoms with E-state index in [1.165, 1.54) is 25.1 Å². The van der Waals surface area contributed by atoms with Crippen LogP contribution in [0.1, 0.15) is 29.8 Å². The lowest BCUT2D eigenvalue weighted by molar-refractivity contribution is 0.0695. The van der Waals surface area contributed by atoms with Crippen molar-refractivity contribution in [2.24, 2.45) is 0 Å². The molecule has 1 rings (SSSR count). The van der Waals surface area contributed by atoms with Gasteiger partial charge in [-0.3, -0.25) is 0 Å². The Morgan fingerprint density at radius 3 is 2.56 bits per heavy atom. The van der Waals surface area contributed by atoms with Crippen LogP contribution in [0.15, 0.2) is 35.7 Å². The molecule has 18 heavy (non-hydrogen) atoms. The molecule has 1 aromatic carbocycles. The van der Waals surface area contributed by atoms with Crippen molar-refractivity contribution in [3.63, 3.8) is 0 Å². The van der Waals surface area contributed by atoms with Crippen LogP contribution in [0.25, 0.3) is 0 Å². The molecule has 1 aromatic rings. The van der Waals surface area contributed by atoms with Crippen LogP contribution in [0.3, 0.4) is 0 Å². The number of benzene rings is 1. The van der Waals surface area contributed by atoms with Crippen LogP contribution in [0.4, 0.5) is 0 Å². The molecule has 0 fully saturated rings. The summed E-state index contributed by atoms with van der Waals surface area (Å²) < 4.78 is 24.1. The van der Waals surface area contributed by atoms with Crippen molar-refractivity contribution in [2.45, 2.75) is 30.4 Å². The molecule has 1 unspecified atom stereocenters. The SMILES string of the molecule is C=CC(C)S(=O)(=O)c1ccc(CC)c(C(=O)O)c1. The van der Waals surface area contributed by atoms with Crippen molar-refractivity contribution in [3.05, 3.63) is 42.0 Å². The number of carboxylic acids is 1. The van der Waals surface area contributed by atoms with Gasteiger partial charge in [0.2, 0.25) is 0 Å². The summed E-state index contributed by atoms with van der Waals surface area (Å²) in [6.07, 6.45) is 1.86. The van der Waals surface area contributed by atoms with Gasteiger partial charge in [0.05, 0.1) is 15.7 Å². The third-order valence-corrected chi connectivity index (χ3v) is 4.92. The number of carbonyl (C=O) groups is 1. The van der Waals surface area contributed by atoms with Crippen LogP contribution >= 0.6 is 0 Å². The normalized spacial score (nSPS) is 13.0. The first-order valence-corrected chi connectivity index (χ1v) is 7.11. The maximum Gasteiger partial charge on any atom is 0.336 e. The summed E-state index contributed by atoms with van der Waals surface area (Å²) in [5.41, 5.74) is 0.655. The van der Waals surface area contributed by atoms with Crippen LogP contribution in [0.5, 0.6) is 0 Å². The fourth-order valence-corrected chi connectivity index (χ4v) is 2.80. The van der Waals surface area contributed by atoms with Gasteiger partial charge in [0.25, 0.3) is 0 Å². The first-order valence-electron chi connectivity index (χ1n) is 5.57.